The third-order valence-corrected chi connectivity index (χ3v) is 4.96. The summed E-state index contributed by atoms with van der Waals surface area (Å²) in [4.78, 5) is 8.50. The van der Waals surface area contributed by atoms with Gasteiger partial charge in [0.05, 0.1) is 10.0 Å². The second-order valence-corrected chi connectivity index (χ2v) is 10.5. The maximum Gasteiger partial charge on any atom is 0.151 e. The minimum Gasteiger partial charge on any atom is -0.234 e. The summed E-state index contributed by atoms with van der Waals surface area (Å²) in [5.41, 5.74) is 1.14. The van der Waals surface area contributed by atoms with Crippen LogP contribution in [0.25, 0.3) is 0 Å². The Bertz CT molecular complexity index is 655. The Balaban J connectivity index is 0.000000425. The van der Waals surface area contributed by atoms with Gasteiger partial charge >= 0.3 is 0 Å². The lowest BCUT2D eigenvalue weighted by atomic mass is 9.93. The fourth-order valence-corrected chi connectivity index (χ4v) is 4.31. The first kappa shape index (κ1) is 23.2. The molecule has 3 nitrogen and oxygen atoms in total. The molecule has 0 atom stereocenters. The first-order valence-corrected chi connectivity index (χ1v) is 9.98. The smallest absolute Gasteiger partial charge is 0.151 e. The normalized spacial score (nSPS) is 11.1. The highest BCUT2D eigenvalue weighted by Crippen LogP contribution is 2.24. The monoisotopic (exact) mass is 429 g/mol. The molecule has 0 saturated carbocycles. The molecule has 0 aliphatic carbocycles. The van der Waals surface area contributed by atoms with Gasteiger partial charge in [0.1, 0.15) is 10.7 Å². The van der Waals surface area contributed by atoms with Crippen LogP contribution in [-0.4, -0.2) is 9.97 Å². The van der Waals surface area contributed by atoms with E-state index < -0.39 is 0 Å². The fourth-order valence-electron chi connectivity index (χ4n) is 1.72. The molecule has 2 aromatic heterocycles. The molecule has 0 bridgehead atoms. The van der Waals surface area contributed by atoms with Gasteiger partial charge in [0.2, 0.25) is 0 Å². The topological polar surface area (TPSA) is 49.6 Å². The first-order valence-electron chi connectivity index (χ1n) is 7.43. The van der Waals surface area contributed by atoms with Gasteiger partial charge in [-0.15, -0.1) is 22.7 Å². The molecule has 0 aliphatic heterocycles. The van der Waals surface area contributed by atoms with E-state index >= 15 is 0 Å². The van der Waals surface area contributed by atoms with E-state index in [0.29, 0.717) is 11.1 Å². The molecule has 0 amide bonds. The highest BCUT2D eigenvalue weighted by molar-refractivity contribution is 9.10. The van der Waals surface area contributed by atoms with Crippen LogP contribution in [0.2, 0.25) is 0 Å². The molecule has 0 aliphatic rings. The number of rotatable bonds is 2. The molecule has 6 heteroatoms. The van der Waals surface area contributed by atoms with Crippen molar-refractivity contribution in [3.05, 3.63) is 31.1 Å². The molecule has 0 saturated heterocycles. The van der Waals surface area contributed by atoms with Crippen molar-refractivity contribution in [3.8, 4) is 6.07 Å². The lowest BCUT2D eigenvalue weighted by Crippen LogP contribution is -2.08. The van der Waals surface area contributed by atoms with Crippen LogP contribution in [0.4, 0.5) is 0 Å². The summed E-state index contributed by atoms with van der Waals surface area (Å²) in [5, 5.41) is 14.6. The average Bonchev–Trinajstić information content (AvgIpc) is 2.95. The molecule has 24 heavy (non-hydrogen) atoms. The van der Waals surface area contributed by atoms with Gasteiger partial charge in [0.25, 0.3) is 0 Å². The Morgan fingerprint density at radius 2 is 1.42 bits per heavy atom. The Morgan fingerprint density at radius 1 is 0.958 bits per heavy atom. The molecule has 0 aromatic carbocycles. The van der Waals surface area contributed by atoms with Crippen molar-refractivity contribution in [2.24, 2.45) is 10.8 Å². The van der Waals surface area contributed by atoms with Crippen LogP contribution in [0.3, 0.4) is 0 Å². The lowest BCUT2D eigenvalue weighted by molar-refractivity contribution is 0.410. The van der Waals surface area contributed by atoms with E-state index in [4.69, 9.17) is 5.26 Å². The van der Waals surface area contributed by atoms with E-state index in [0.717, 1.165) is 22.5 Å². The first-order chi connectivity index (χ1) is 10.5. The quantitative estimate of drug-likeness (QED) is 0.530. The Morgan fingerprint density at radius 3 is 1.75 bits per heavy atom. The van der Waals surface area contributed by atoms with E-state index in [-0.39, 0.29) is 12.8 Å². The number of aromatic nitrogens is 2. The number of thiazole rings is 2. The van der Waals surface area contributed by atoms with Crippen LogP contribution in [0.15, 0.2) is 15.4 Å². The largest absolute Gasteiger partial charge is 0.234 e. The highest BCUT2D eigenvalue weighted by atomic mass is 79.9. The molecule has 134 valence electrons. The van der Waals surface area contributed by atoms with Gasteiger partial charge in [0, 0.05) is 23.6 Å². The summed E-state index contributed by atoms with van der Waals surface area (Å²) in [6.45, 7) is 13.2. The van der Waals surface area contributed by atoms with Crippen LogP contribution < -0.4 is 0 Å². The third-order valence-electron chi connectivity index (χ3n) is 2.55. The molecule has 2 aromatic rings. The van der Waals surface area contributed by atoms with Crippen molar-refractivity contribution >= 4 is 38.6 Å². The van der Waals surface area contributed by atoms with Crippen molar-refractivity contribution in [1.29, 1.82) is 5.26 Å². The van der Waals surface area contributed by atoms with Gasteiger partial charge < -0.3 is 0 Å². The predicted molar refractivity (Wildman–Crippen MR) is 110 cm³/mol. The fraction of sp³-hybridized carbons (Fsp3) is 0.611. The zero-order valence-corrected chi connectivity index (χ0v) is 17.8. The standard InChI is InChI=1S/C9H12N2S.C8H12BrNS.CH4/c1-9(2,3)4-8-11-7(5-10)6-12-8;1-8(2,3)4-7-10-6(9)5-11-7;/h6H,4H2,1-3H3;5H,4H2,1-3H3;1H4. The number of nitrogens with zero attached hydrogens (tertiary/aromatic N) is 3. The van der Waals surface area contributed by atoms with E-state index in [9.17, 15) is 0 Å². The molecule has 0 spiro atoms. The molecule has 2 heterocycles. The van der Waals surface area contributed by atoms with Gasteiger partial charge in [0.15, 0.2) is 5.69 Å². The molecule has 0 fully saturated rings. The van der Waals surface area contributed by atoms with Crippen molar-refractivity contribution in [3.63, 3.8) is 0 Å². The second-order valence-electron chi connectivity index (χ2n) is 7.78. The summed E-state index contributed by atoms with van der Waals surface area (Å²) >= 11 is 6.62. The maximum atomic E-state index is 8.54. The van der Waals surface area contributed by atoms with Crippen LogP contribution in [0, 0.1) is 22.2 Å². The molecule has 2 rings (SSSR count). The number of nitriles is 1. The third kappa shape index (κ3) is 10.2. The average molecular weight is 430 g/mol. The van der Waals surface area contributed by atoms with Crippen LogP contribution in [0.5, 0.6) is 0 Å². The van der Waals surface area contributed by atoms with Gasteiger partial charge in [-0.05, 0) is 26.8 Å². The van der Waals surface area contributed by atoms with Crippen LogP contribution in [0.1, 0.15) is 64.7 Å². The van der Waals surface area contributed by atoms with E-state index in [1.807, 2.05) is 11.4 Å². The minimum absolute atomic E-state index is 0. The van der Waals surface area contributed by atoms with E-state index in [1.165, 1.54) is 5.01 Å². The maximum absolute atomic E-state index is 8.54. The van der Waals surface area contributed by atoms with Gasteiger partial charge in [-0.2, -0.15) is 5.26 Å². The van der Waals surface area contributed by atoms with Crippen molar-refractivity contribution in [2.45, 2.75) is 61.8 Å². The zero-order valence-electron chi connectivity index (χ0n) is 14.6. The molecular formula is C18H28BrN3S2. The summed E-state index contributed by atoms with van der Waals surface area (Å²) < 4.78 is 0.960. The van der Waals surface area contributed by atoms with E-state index in [1.54, 1.807) is 28.1 Å². The van der Waals surface area contributed by atoms with Crippen molar-refractivity contribution in [2.75, 3.05) is 0 Å². The Labute approximate surface area is 163 Å². The number of hydrogen-bond acceptors (Lipinski definition) is 5. The second kappa shape index (κ2) is 9.65. The zero-order chi connectivity index (χ0) is 17.7. The SMILES string of the molecule is C.CC(C)(C)Cc1nc(Br)cs1.CC(C)(C)Cc1nc(C#N)cs1. The van der Waals surface area contributed by atoms with Crippen LogP contribution in [-0.2, 0) is 12.8 Å². The molecule has 0 N–H and O–H groups in total. The van der Waals surface area contributed by atoms with Gasteiger partial charge in [-0.25, -0.2) is 9.97 Å². The van der Waals surface area contributed by atoms with Crippen LogP contribution >= 0.6 is 38.6 Å². The number of hydrogen-bond donors (Lipinski definition) is 0. The Hall–Kier alpha value is -0.770. The summed E-state index contributed by atoms with van der Waals surface area (Å²) in [5.74, 6) is 0. The van der Waals surface area contributed by atoms with E-state index in [2.05, 4.69) is 67.4 Å². The number of halogens is 1. The predicted octanol–water partition coefficient (Wildman–Crippen LogP) is 6.73. The highest BCUT2D eigenvalue weighted by Gasteiger charge is 2.14. The summed E-state index contributed by atoms with van der Waals surface area (Å²) in [7, 11) is 0. The lowest BCUT2D eigenvalue weighted by Gasteiger charge is -2.15. The summed E-state index contributed by atoms with van der Waals surface area (Å²) in [6.07, 6.45) is 2.00. The van der Waals surface area contributed by atoms with Crippen molar-refractivity contribution < 1.29 is 0 Å². The molecule has 0 unspecified atom stereocenters. The summed E-state index contributed by atoms with van der Waals surface area (Å²) in [6, 6.07) is 2.03. The molecule has 0 radical (unpaired) electrons. The van der Waals surface area contributed by atoms with Gasteiger partial charge in [-0.3, -0.25) is 0 Å². The van der Waals surface area contributed by atoms with Crippen molar-refractivity contribution in [1.82, 2.24) is 9.97 Å². The Kier molecular flexibility index (Phi) is 9.34. The molecular weight excluding hydrogens is 402 g/mol. The van der Waals surface area contributed by atoms with Gasteiger partial charge in [-0.1, -0.05) is 49.0 Å². The minimum atomic E-state index is 0.